The van der Waals surface area contributed by atoms with Crippen molar-refractivity contribution in [2.24, 2.45) is 0 Å². The molecule has 1 amide bonds. The van der Waals surface area contributed by atoms with Gasteiger partial charge in [0, 0.05) is 31.5 Å². The fourth-order valence-corrected chi connectivity index (χ4v) is 3.31. The van der Waals surface area contributed by atoms with Crippen LogP contribution in [0.2, 0.25) is 0 Å². The minimum atomic E-state index is -0.0647. The van der Waals surface area contributed by atoms with Gasteiger partial charge in [0.25, 0.3) is 5.91 Å². The van der Waals surface area contributed by atoms with Crippen molar-refractivity contribution in [3.05, 3.63) is 41.7 Å². The van der Waals surface area contributed by atoms with E-state index in [1.54, 1.807) is 23.1 Å². The molecule has 25 heavy (non-hydrogen) atoms. The van der Waals surface area contributed by atoms with Gasteiger partial charge in [0.05, 0.1) is 11.7 Å². The Balaban J connectivity index is 1.85. The van der Waals surface area contributed by atoms with E-state index in [9.17, 15) is 4.79 Å². The van der Waals surface area contributed by atoms with Crippen LogP contribution in [-0.2, 0) is 6.54 Å². The highest BCUT2D eigenvalue weighted by Gasteiger charge is 2.34. The Morgan fingerprint density at radius 3 is 2.84 bits per heavy atom. The SMILES string of the molecule is CC(C)n1nccc1C(=O)N1CCC[C@@H]1c1nccc(CN(C)C)n1. The number of carbonyl (C=O) groups is 1. The van der Waals surface area contributed by atoms with Gasteiger partial charge >= 0.3 is 0 Å². The summed E-state index contributed by atoms with van der Waals surface area (Å²) >= 11 is 0. The summed E-state index contributed by atoms with van der Waals surface area (Å²) in [5.74, 6) is 0.746. The molecule has 134 valence electrons. The second-order valence-electron chi connectivity index (χ2n) is 7.06. The van der Waals surface area contributed by atoms with Gasteiger partial charge in [0.1, 0.15) is 5.69 Å². The zero-order chi connectivity index (χ0) is 18.0. The smallest absolute Gasteiger partial charge is 0.272 e. The van der Waals surface area contributed by atoms with Gasteiger partial charge in [-0.3, -0.25) is 9.48 Å². The zero-order valence-electron chi connectivity index (χ0n) is 15.4. The number of carbonyl (C=O) groups excluding carboxylic acids is 1. The van der Waals surface area contributed by atoms with Crippen molar-refractivity contribution in [3.63, 3.8) is 0 Å². The van der Waals surface area contributed by atoms with Crippen LogP contribution >= 0.6 is 0 Å². The van der Waals surface area contributed by atoms with E-state index in [4.69, 9.17) is 4.98 Å². The molecule has 0 radical (unpaired) electrons. The van der Waals surface area contributed by atoms with E-state index in [-0.39, 0.29) is 18.0 Å². The van der Waals surface area contributed by atoms with E-state index < -0.39 is 0 Å². The molecule has 1 aliphatic rings. The summed E-state index contributed by atoms with van der Waals surface area (Å²) < 4.78 is 1.78. The Labute approximate surface area is 148 Å². The number of rotatable bonds is 5. The van der Waals surface area contributed by atoms with Gasteiger partial charge in [0.2, 0.25) is 0 Å². The van der Waals surface area contributed by atoms with Crippen molar-refractivity contribution in [2.45, 2.75) is 45.3 Å². The number of amides is 1. The molecule has 3 rings (SSSR count). The first-order chi connectivity index (χ1) is 12.0. The second kappa shape index (κ2) is 7.31. The number of hydrogen-bond acceptors (Lipinski definition) is 5. The molecule has 0 unspecified atom stereocenters. The van der Waals surface area contributed by atoms with Crippen LogP contribution in [0, 0.1) is 0 Å². The first-order valence-electron chi connectivity index (χ1n) is 8.78. The van der Waals surface area contributed by atoms with Crippen molar-refractivity contribution < 1.29 is 4.79 Å². The standard InChI is InChI=1S/C18H26N6O/c1-13(2)24-16(8-10-20-24)18(25)23-11-5-6-15(23)17-19-9-7-14(21-17)12-22(3)4/h7-10,13,15H,5-6,11-12H2,1-4H3/t15-/m1/s1. The summed E-state index contributed by atoms with van der Waals surface area (Å²) in [5.41, 5.74) is 1.60. The molecule has 1 fully saturated rings. The molecule has 0 aliphatic carbocycles. The normalized spacial score (nSPS) is 17.7. The summed E-state index contributed by atoms with van der Waals surface area (Å²) in [6, 6.07) is 3.80. The third-order valence-corrected chi connectivity index (χ3v) is 4.40. The Morgan fingerprint density at radius 1 is 1.32 bits per heavy atom. The number of hydrogen-bond donors (Lipinski definition) is 0. The molecule has 3 heterocycles. The maximum Gasteiger partial charge on any atom is 0.272 e. The third kappa shape index (κ3) is 3.71. The number of aromatic nitrogens is 4. The lowest BCUT2D eigenvalue weighted by atomic mass is 10.2. The molecule has 0 spiro atoms. The molecular weight excluding hydrogens is 316 g/mol. The Hall–Kier alpha value is -2.28. The molecule has 0 aromatic carbocycles. The van der Waals surface area contributed by atoms with E-state index in [1.165, 1.54) is 0 Å². The summed E-state index contributed by atoms with van der Waals surface area (Å²) in [6.07, 6.45) is 5.34. The van der Waals surface area contributed by atoms with Crippen LogP contribution < -0.4 is 0 Å². The number of nitrogens with zero attached hydrogens (tertiary/aromatic N) is 6. The molecule has 2 aromatic heterocycles. The van der Waals surface area contributed by atoms with Crippen molar-refractivity contribution in [1.29, 1.82) is 0 Å². The Bertz CT molecular complexity index is 739. The van der Waals surface area contributed by atoms with Crippen LogP contribution in [0.5, 0.6) is 0 Å². The second-order valence-corrected chi connectivity index (χ2v) is 7.06. The van der Waals surface area contributed by atoms with Crippen LogP contribution in [-0.4, -0.2) is 56.1 Å². The van der Waals surface area contributed by atoms with E-state index in [1.807, 2.05) is 38.9 Å². The Morgan fingerprint density at radius 2 is 2.12 bits per heavy atom. The summed E-state index contributed by atoms with van der Waals surface area (Å²) in [7, 11) is 4.03. The van der Waals surface area contributed by atoms with Gasteiger partial charge in [0.15, 0.2) is 5.82 Å². The predicted molar refractivity (Wildman–Crippen MR) is 95.0 cm³/mol. The molecule has 7 heteroatoms. The molecule has 0 bridgehead atoms. The lowest BCUT2D eigenvalue weighted by molar-refractivity contribution is 0.0714. The maximum atomic E-state index is 13.1. The van der Waals surface area contributed by atoms with Crippen LogP contribution in [0.15, 0.2) is 24.5 Å². The quantitative estimate of drug-likeness (QED) is 0.834. The fraction of sp³-hybridized carbons (Fsp3) is 0.556. The van der Waals surface area contributed by atoms with E-state index in [0.29, 0.717) is 5.69 Å². The summed E-state index contributed by atoms with van der Waals surface area (Å²) in [6.45, 7) is 5.54. The molecule has 0 N–H and O–H groups in total. The van der Waals surface area contributed by atoms with E-state index in [2.05, 4.69) is 15.0 Å². The van der Waals surface area contributed by atoms with Gasteiger partial charge in [-0.05, 0) is 52.9 Å². The monoisotopic (exact) mass is 342 g/mol. The first kappa shape index (κ1) is 17.5. The molecule has 1 saturated heterocycles. The lowest BCUT2D eigenvalue weighted by Gasteiger charge is -2.24. The number of likely N-dealkylation sites (tertiary alicyclic amines) is 1. The molecule has 7 nitrogen and oxygen atoms in total. The van der Waals surface area contributed by atoms with E-state index >= 15 is 0 Å². The molecule has 2 aromatic rings. The van der Waals surface area contributed by atoms with Crippen molar-refractivity contribution in [2.75, 3.05) is 20.6 Å². The molecule has 1 aliphatic heterocycles. The average molecular weight is 342 g/mol. The van der Waals surface area contributed by atoms with E-state index in [0.717, 1.165) is 37.4 Å². The van der Waals surface area contributed by atoms with Gasteiger partial charge in [-0.2, -0.15) is 5.10 Å². The minimum absolute atomic E-state index is 0.00955. The third-order valence-electron chi connectivity index (χ3n) is 4.40. The first-order valence-corrected chi connectivity index (χ1v) is 8.78. The predicted octanol–water partition coefficient (Wildman–Crippen LogP) is 2.29. The minimum Gasteiger partial charge on any atom is -0.327 e. The van der Waals surface area contributed by atoms with Gasteiger partial charge in [-0.15, -0.1) is 0 Å². The largest absolute Gasteiger partial charge is 0.327 e. The molecular formula is C18H26N6O. The summed E-state index contributed by atoms with van der Waals surface area (Å²) in [5, 5.41) is 4.29. The van der Waals surface area contributed by atoms with Crippen LogP contribution in [0.1, 0.15) is 60.8 Å². The van der Waals surface area contributed by atoms with Gasteiger partial charge < -0.3 is 9.80 Å². The zero-order valence-corrected chi connectivity index (χ0v) is 15.4. The molecule has 1 atom stereocenters. The topological polar surface area (TPSA) is 67.2 Å². The maximum absolute atomic E-state index is 13.1. The van der Waals surface area contributed by atoms with Crippen molar-refractivity contribution in [3.8, 4) is 0 Å². The van der Waals surface area contributed by atoms with Crippen LogP contribution in [0.3, 0.4) is 0 Å². The van der Waals surface area contributed by atoms with Crippen molar-refractivity contribution >= 4 is 5.91 Å². The highest BCUT2D eigenvalue weighted by molar-refractivity contribution is 5.93. The lowest BCUT2D eigenvalue weighted by Crippen LogP contribution is -2.33. The Kier molecular flexibility index (Phi) is 5.13. The van der Waals surface area contributed by atoms with Crippen LogP contribution in [0.25, 0.3) is 0 Å². The van der Waals surface area contributed by atoms with Gasteiger partial charge in [-0.25, -0.2) is 9.97 Å². The fourth-order valence-electron chi connectivity index (χ4n) is 3.31. The average Bonchev–Trinajstić information content (AvgIpc) is 3.23. The van der Waals surface area contributed by atoms with Gasteiger partial charge in [-0.1, -0.05) is 0 Å². The highest BCUT2D eigenvalue weighted by atomic mass is 16.2. The van der Waals surface area contributed by atoms with Crippen molar-refractivity contribution in [1.82, 2.24) is 29.5 Å². The highest BCUT2D eigenvalue weighted by Crippen LogP contribution is 2.31. The summed E-state index contributed by atoms with van der Waals surface area (Å²) in [4.78, 5) is 26.2. The van der Waals surface area contributed by atoms with Crippen LogP contribution in [0.4, 0.5) is 0 Å². The molecule has 0 saturated carbocycles.